The molecule has 2 N–H and O–H groups in total. The number of fused-ring (bicyclic) bond motifs is 2. The van der Waals surface area contributed by atoms with Crippen molar-refractivity contribution in [1.29, 1.82) is 0 Å². The lowest BCUT2D eigenvalue weighted by Crippen LogP contribution is -2.68. The van der Waals surface area contributed by atoms with E-state index in [1.807, 2.05) is 44.2 Å². The molecule has 0 spiro atoms. The molecule has 12 heteroatoms. The molecule has 12 nitrogen and oxygen atoms in total. The van der Waals surface area contributed by atoms with Gasteiger partial charge < -0.3 is 38.6 Å². The molecule has 2 heterocycles. The average Bonchev–Trinajstić information content (AvgIpc) is 3.26. The first-order chi connectivity index (χ1) is 24.9. The number of carbonyl (C=O) groups excluding carboxylic acids is 4. The molecule has 302 valence electrons. The highest BCUT2D eigenvalue weighted by Crippen LogP contribution is 2.52. The molecule has 4 unspecified atom stereocenters. The minimum Gasteiger partial charge on any atom is -0.458 e. The molecule has 2 saturated heterocycles. The largest absolute Gasteiger partial charge is 0.458 e. The zero-order valence-electron chi connectivity index (χ0n) is 33.9. The van der Waals surface area contributed by atoms with Crippen LogP contribution in [-0.4, -0.2) is 87.2 Å². The monoisotopic (exact) mass is 758 g/mol. The van der Waals surface area contributed by atoms with E-state index in [1.165, 1.54) is 13.0 Å². The number of ether oxygens (including phenoxy) is 6. The standard InChI is InChI=1S/C42H62O12/c1-13-25(2)23-26(3)19-20-31(44)50-36-35(46)41(22-21-27(4)32(49-29(6)43)28(5)24-30-17-15-14-16-18-30)51-33(37(47)52-39(7,8)9)34(45)42(36,54-41)38(48)53-40(10,11)12/h14-20,25-26,28,32-36,45-46H,4,13,21-24H2,1-3,5-12H3/b20-19+/t25?,26?,28?,32?,33-,34-,35+,36+,41-,42-/m0/s1. The second-order valence-electron chi connectivity index (χ2n) is 17.0. The Morgan fingerprint density at radius 3 is 2.13 bits per heavy atom. The molecule has 0 aliphatic carbocycles. The van der Waals surface area contributed by atoms with Gasteiger partial charge in [-0.05, 0) is 83.8 Å². The smallest absolute Gasteiger partial charge is 0.346 e. The van der Waals surface area contributed by atoms with Crippen molar-refractivity contribution < 1.29 is 57.8 Å². The number of aliphatic hydroxyl groups is 2. The lowest BCUT2D eigenvalue weighted by atomic mass is 9.85. The van der Waals surface area contributed by atoms with Gasteiger partial charge in [-0.1, -0.05) is 77.1 Å². The molecule has 0 aromatic heterocycles. The molecule has 2 fully saturated rings. The Kier molecular flexibility index (Phi) is 14.9. The number of esters is 4. The number of hydrogen-bond acceptors (Lipinski definition) is 12. The Labute approximate surface area is 320 Å². The summed E-state index contributed by atoms with van der Waals surface area (Å²) >= 11 is 0. The Morgan fingerprint density at radius 2 is 1.57 bits per heavy atom. The number of aliphatic hydroxyl groups excluding tert-OH is 2. The SMILES string of the molecule is C=C(CC[C@]12O[C@H](C(=O)OC(C)(C)C)[C@H](O)[C@](C(=O)OC(C)(C)C)(O1)[C@H](OC(=O)/C=C/C(C)CC(C)CC)[C@H]2O)C(OC(C)=O)C(C)Cc1ccccc1. The fraction of sp³-hybridized carbons (Fsp3) is 0.667. The molecule has 0 amide bonds. The van der Waals surface area contributed by atoms with Gasteiger partial charge in [0.25, 0.3) is 0 Å². The summed E-state index contributed by atoms with van der Waals surface area (Å²) in [6.07, 6.45) is -3.71. The van der Waals surface area contributed by atoms with Gasteiger partial charge >= 0.3 is 23.9 Å². The molecule has 0 radical (unpaired) electrons. The number of benzene rings is 1. The van der Waals surface area contributed by atoms with Gasteiger partial charge in [-0.25, -0.2) is 14.4 Å². The Balaban J connectivity index is 2.08. The van der Waals surface area contributed by atoms with Crippen LogP contribution in [0.5, 0.6) is 0 Å². The van der Waals surface area contributed by atoms with Crippen molar-refractivity contribution in [2.75, 3.05) is 0 Å². The van der Waals surface area contributed by atoms with E-state index in [-0.39, 0.29) is 24.7 Å². The summed E-state index contributed by atoms with van der Waals surface area (Å²) < 4.78 is 35.4. The highest BCUT2D eigenvalue weighted by atomic mass is 16.8. The zero-order chi connectivity index (χ0) is 40.8. The second kappa shape index (κ2) is 17.9. The topological polar surface area (TPSA) is 164 Å². The van der Waals surface area contributed by atoms with Crippen molar-refractivity contribution >= 4 is 23.9 Å². The number of hydrogen-bond donors (Lipinski definition) is 2. The lowest BCUT2D eigenvalue weighted by molar-refractivity contribution is -0.356. The van der Waals surface area contributed by atoms with Gasteiger partial charge in [-0.2, -0.15) is 0 Å². The molecule has 2 aliphatic heterocycles. The van der Waals surface area contributed by atoms with E-state index in [0.717, 1.165) is 18.4 Å². The number of allylic oxidation sites excluding steroid dienone is 1. The highest BCUT2D eigenvalue weighted by Gasteiger charge is 2.78. The summed E-state index contributed by atoms with van der Waals surface area (Å²) in [5.41, 5.74) is -3.35. The normalized spacial score (nSPS) is 27.7. The third-order valence-corrected chi connectivity index (χ3v) is 9.59. The van der Waals surface area contributed by atoms with Crippen LogP contribution in [0.1, 0.15) is 107 Å². The Hall–Kier alpha value is -3.58. The summed E-state index contributed by atoms with van der Waals surface area (Å²) in [7, 11) is 0. The van der Waals surface area contributed by atoms with Crippen LogP contribution in [0.3, 0.4) is 0 Å². The van der Waals surface area contributed by atoms with Gasteiger partial charge in [-0.15, -0.1) is 0 Å². The van der Waals surface area contributed by atoms with Crippen LogP contribution in [0.15, 0.2) is 54.6 Å². The predicted octanol–water partition coefficient (Wildman–Crippen LogP) is 5.94. The number of rotatable bonds is 16. The van der Waals surface area contributed by atoms with Crippen molar-refractivity contribution in [3.05, 3.63) is 60.2 Å². The summed E-state index contributed by atoms with van der Waals surface area (Å²) in [5, 5.41) is 24.0. The minimum atomic E-state index is -2.63. The zero-order valence-corrected chi connectivity index (χ0v) is 33.9. The maximum absolute atomic E-state index is 14.3. The first-order valence-electron chi connectivity index (χ1n) is 18.9. The molecule has 1 aromatic rings. The van der Waals surface area contributed by atoms with Crippen molar-refractivity contribution in [3.63, 3.8) is 0 Å². The fourth-order valence-corrected chi connectivity index (χ4v) is 6.92. The first-order valence-corrected chi connectivity index (χ1v) is 18.9. The van der Waals surface area contributed by atoms with Crippen LogP contribution in [0.4, 0.5) is 0 Å². The van der Waals surface area contributed by atoms with Gasteiger partial charge in [0.1, 0.15) is 29.5 Å². The van der Waals surface area contributed by atoms with E-state index in [2.05, 4.69) is 20.4 Å². The van der Waals surface area contributed by atoms with Gasteiger partial charge in [0.15, 0.2) is 12.2 Å². The fourth-order valence-electron chi connectivity index (χ4n) is 6.92. The van der Waals surface area contributed by atoms with Crippen LogP contribution in [0.25, 0.3) is 0 Å². The molecule has 2 aliphatic rings. The molecule has 10 atom stereocenters. The third-order valence-electron chi connectivity index (χ3n) is 9.59. The molecule has 2 bridgehead atoms. The summed E-state index contributed by atoms with van der Waals surface area (Å²) in [4.78, 5) is 53.7. The van der Waals surface area contributed by atoms with Gasteiger partial charge in [0, 0.05) is 25.3 Å². The molecular formula is C42H62O12. The Bertz CT molecular complexity index is 1510. The minimum absolute atomic E-state index is 0.00794. The van der Waals surface area contributed by atoms with E-state index >= 15 is 0 Å². The third kappa shape index (κ3) is 11.2. The first kappa shape index (κ1) is 44.8. The predicted molar refractivity (Wildman–Crippen MR) is 201 cm³/mol. The van der Waals surface area contributed by atoms with Crippen molar-refractivity contribution in [3.8, 4) is 0 Å². The second-order valence-corrected chi connectivity index (χ2v) is 17.0. The van der Waals surface area contributed by atoms with E-state index in [9.17, 15) is 29.4 Å². The maximum Gasteiger partial charge on any atom is 0.346 e. The van der Waals surface area contributed by atoms with E-state index in [4.69, 9.17) is 28.4 Å². The number of carbonyl (C=O) groups is 4. The molecular weight excluding hydrogens is 696 g/mol. The quantitative estimate of drug-likeness (QED) is 0.0884. The van der Waals surface area contributed by atoms with E-state index in [0.29, 0.717) is 17.9 Å². The summed E-state index contributed by atoms with van der Waals surface area (Å²) in [5.74, 6) is -5.71. The molecule has 0 saturated carbocycles. The van der Waals surface area contributed by atoms with Crippen LogP contribution in [-0.2, 0) is 54.0 Å². The molecule has 1 aromatic carbocycles. The van der Waals surface area contributed by atoms with E-state index < -0.39 is 77.0 Å². The van der Waals surface area contributed by atoms with Crippen LogP contribution in [0, 0.1) is 17.8 Å². The molecule has 54 heavy (non-hydrogen) atoms. The summed E-state index contributed by atoms with van der Waals surface area (Å²) in [6.45, 7) is 23.2. The van der Waals surface area contributed by atoms with Gasteiger partial charge in [-0.3, -0.25) is 4.79 Å². The lowest BCUT2D eigenvalue weighted by Gasteiger charge is -2.46. The van der Waals surface area contributed by atoms with Crippen LogP contribution < -0.4 is 0 Å². The highest BCUT2D eigenvalue weighted by molar-refractivity contribution is 5.88. The summed E-state index contributed by atoms with van der Waals surface area (Å²) in [6, 6.07) is 9.65. The molecule has 3 rings (SSSR count). The van der Waals surface area contributed by atoms with Crippen LogP contribution >= 0.6 is 0 Å². The van der Waals surface area contributed by atoms with Crippen LogP contribution in [0.2, 0.25) is 0 Å². The average molecular weight is 759 g/mol. The van der Waals surface area contributed by atoms with Crippen molar-refractivity contribution in [2.24, 2.45) is 17.8 Å². The van der Waals surface area contributed by atoms with Gasteiger partial charge in [0.2, 0.25) is 11.4 Å². The van der Waals surface area contributed by atoms with Crippen molar-refractivity contribution in [1.82, 2.24) is 0 Å². The van der Waals surface area contributed by atoms with Crippen molar-refractivity contribution in [2.45, 2.75) is 161 Å². The van der Waals surface area contributed by atoms with Gasteiger partial charge in [0.05, 0.1) is 0 Å². The maximum atomic E-state index is 14.3. The Morgan fingerprint density at radius 1 is 0.963 bits per heavy atom. The van der Waals surface area contributed by atoms with E-state index in [1.54, 1.807) is 47.6 Å².